The van der Waals surface area contributed by atoms with E-state index in [0.717, 1.165) is 43.4 Å². The SMILES string of the molecule is CN=C(NCCCc1nnc2ccccn12)N(C)Cc1ccccc1C. The van der Waals surface area contributed by atoms with Crippen LogP contribution in [0.1, 0.15) is 23.4 Å². The van der Waals surface area contributed by atoms with Gasteiger partial charge in [0, 0.05) is 39.8 Å². The highest BCUT2D eigenvalue weighted by Gasteiger charge is 2.08. The quantitative estimate of drug-likeness (QED) is 0.422. The number of aliphatic imine (C=N–C) groups is 1. The lowest BCUT2D eigenvalue weighted by atomic mass is 10.1. The average Bonchev–Trinajstić information content (AvgIpc) is 3.07. The fourth-order valence-electron chi connectivity index (χ4n) is 3.01. The van der Waals surface area contributed by atoms with Crippen molar-refractivity contribution in [2.75, 3.05) is 20.6 Å². The molecule has 0 bridgehead atoms. The number of nitrogens with zero attached hydrogens (tertiary/aromatic N) is 5. The van der Waals surface area contributed by atoms with Gasteiger partial charge < -0.3 is 10.2 Å². The van der Waals surface area contributed by atoms with Crippen LogP contribution in [0.4, 0.5) is 0 Å². The van der Waals surface area contributed by atoms with Crippen molar-refractivity contribution < 1.29 is 0 Å². The maximum absolute atomic E-state index is 4.40. The molecular formula is C20H26N6. The number of rotatable bonds is 6. The molecule has 0 atom stereocenters. The highest BCUT2D eigenvalue weighted by Crippen LogP contribution is 2.09. The third-order valence-electron chi connectivity index (χ3n) is 4.49. The second-order valence-corrected chi connectivity index (χ2v) is 6.41. The first-order chi connectivity index (χ1) is 12.7. The third kappa shape index (κ3) is 4.20. The summed E-state index contributed by atoms with van der Waals surface area (Å²) >= 11 is 0. The molecule has 0 fully saturated rings. The van der Waals surface area contributed by atoms with Crippen LogP contribution in [0, 0.1) is 6.92 Å². The molecule has 6 nitrogen and oxygen atoms in total. The molecule has 3 rings (SSSR count). The molecule has 2 heterocycles. The molecule has 136 valence electrons. The molecule has 0 aliphatic rings. The van der Waals surface area contributed by atoms with Crippen molar-refractivity contribution in [1.82, 2.24) is 24.8 Å². The van der Waals surface area contributed by atoms with Gasteiger partial charge in [-0.15, -0.1) is 10.2 Å². The lowest BCUT2D eigenvalue weighted by Crippen LogP contribution is -2.39. The number of fused-ring (bicyclic) bond motifs is 1. The van der Waals surface area contributed by atoms with Crippen molar-refractivity contribution in [2.45, 2.75) is 26.3 Å². The lowest BCUT2D eigenvalue weighted by molar-refractivity contribution is 0.474. The van der Waals surface area contributed by atoms with Gasteiger partial charge in [-0.1, -0.05) is 30.3 Å². The van der Waals surface area contributed by atoms with Gasteiger partial charge in [-0.3, -0.25) is 9.39 Å². The molecule has 26 heavy (non-hydrogen) atoms. The molecule has 3 aromatic rings. The third-order valence-corrected chi connectivity index (χ3v) is 4.49. The molecule has 0 aliphatic carbocycles. The van der Waals surface area contributed by atoms with E-state index in [2.05, 4.69) is 63.6 Å². The fourth-order valence-corrected chi connectivity index (χ4v) is 3.01. The van der Waals surface area contributed by atoms with E-state index in [1.807, 2.05) is 35.8 Å². The van der Waals surface area contributed by atoms with Crippen molar-refractivity contribution in [3.8, 4) is 0 Å². The first kappa shape index (κ1) is 17.9. The molecule has 0 saturated heterocycles. The maximum atomic E-state index is 4.40. The van der Waals surface area contributed by atoms with Gasteiger partial charge in [0.2, 0.25) is 0 Å². The molecule has 1 aromatic carbocycles. The summed E-state index contributed by atoms with van der Waals surface area (Å²) in [6, 6.07) is 14.4. The van der Waals surface area contributed by atoms with Crippen LogP contribution in [0.2, 0.25) is 0 Å². The topological polar surface area (TPSA) is 57.8 Å². The number of nitrogens with one attached hydrogen (secondary N) is 1. The molecule has 0 amide bonds. The Kier molecular flexibility index (Phi) is 5.84. The van der Waals surface area contributed by atoms with Gasteiger partial charge in [0.05, 0.1) is 0 Å². The van der Waals surface area contributed by atoms with E-state index in [4.69, 9.17) is 0 Å². The monoisotopic (exact) mass is 350 g/mol. The lowest BCUT2D eigenvalue weighted by Gasteiger charge is -2.23. The highest BCUT2D eigenvalue weighted by atomic mass is 15.3. The Morgan fingerprint density at radius 1 is 1.15 bits per heavy atom. The second kappa shape index (κ2) is 8.47. The summed E-state index contributed by atoms with van der Waals surface area (Å²) < 4.78 is 2.04. The van der Waals surface area contributed by atoms with Gasteiger partial charge in [-0.25, -0.2) is 0 Å². The standard InChI is InChI=1S/C20H26N6/c1-16-9-4-5-10-17(16)15-25(3)20(21-2)22-13-8-12-19-24-23-18-11-6-7-14-26(18)19/h4-7,9-11,14H,8,12-13,15H2,1-3H3,(H,21,22). The van der Waals surface area contributed by atoms with Crippen molar-refractivity contribution >= 4 is 11.6 Å². The maximum Gasteiger partial charge on any atom is 0.193 e. The van der Waals surface area contributed by atoms with Crippen LogP contribution in [-0.2, 0) is 13.0 Å². The summed E-state index contributed by atoms with van der Waals surface area (Å²) in [5.41, 5.74) is 3.51. The highest BCUT2D eigenvalue weighted by molar-refractivity contribution is 5.79. The van der Waals surface area contributed by atoms with E-state index < -0.39 is 0 Å². The molecule has 0 radical (unpaired) electrons. The van der Waals surface area contributed by atoms with Crippen LogP contribution in [0.15, 0.2) is 53.7 Å². The van der Waals surface area contributed by atoms with E-state index in [9.17, 15) is 0 Å². The predicted octanol–water partition coefficient (Wildman–Crippen LogP) is 2.68. The zero-order chi connectivity index (χ0) is 18.4. The summed E-state index contributed by atoms with van der Waals surface area (Å²) in [7, 11) is 3.89. The van der Waals surface area contributed by atoms with E-state index in [-0.39, 0.29) is 0 Å². The molecule has 0 aliphatic heterocycles. The first-order valence-electron chi connectivity index (χ1n) is 8.94. The minimum Gasteiger partial charge on any atom is -0.356 e. The zero-order valence-electron chi connectivity index (χ0n) is 15.7. The Hall–Kier alpha value is -2.89. The average molecular weight is 350 g/mol. The van der Waals surface area contributed by atoms with Gasteiger partial charge in [0.25, 0.3) is 0 Å². The van der Waals surface area contributed by atoms with Crippen molar-refractivity contribution in [3.63, 3.8) is 0 Å². The largest absolute Gasteiger partial charge is 0.356 e. The van der Waals surface area contributed by atoms with Gasteiger partial charge in [-0.05, 0) is 36.6 Å². The predicted molar refractivity (Wildman–Crippen MR) is 105 cm³/mol. The number of hydrogen-bond donors (Lipinski definition) is 1. The van der Waals surface area contributed by atoms with Crippen molar-refractivity contribution in [3.05, 3.63) is 65.6 Å². The number of pyridine rings is 1. The van der Waals surface area contributed by atoms with E-state index >= 15 is 0 Å². The summed E-state index contributed by atoms with van der Waals surface area (Å²) in [4.78, 5) is 6.54. The van der Waals surface area contributed by atoms with Crippen LogP contribution in [0.5, 0.6) is 0 Å². The number of guanidine groups is 1. The van der Waals surface area contributed by atoms with Gasteiger partial charge in [0.1, 0.15) is 5.82 Å². The molecular weight excluding hydrogens is 324 g/mol. The van der Waals surface area contributed by atoms with E-state index in [0.29, 0.717) is 0 Å². The van der Waals surface area contributed by atoms with Gasteiger partial charge >= 0.3 is 0 Å². The summed E-state index contributed by atoms with van der Waals surface area (Å²) in [5, 5.41) is 11.9. The minimum atomic E-state index is 0.834. The van der Waals surface area contributed by atoms with Crippen LogP contribution < -0.4 is 5.32 Å². The Morgan fingerprint density at radius 3 is 2.77 bits per heavy atom. The Morgan fingerprint density at radius 2 is 1.96 bits per heavy atom. The Bertz CT molecular complexity index is 883. The van der Waals surface area contributed by atoms with Crippen LogP contribution in [-0.4, -0.2) is 46.1 Å². The molecule has 2 aromatic heterocycles. The molecule has 1 N–H and O–H groups in total. The summed E-state index contributed by atoms with van der Waals surface area (Å²) in [6.07, 6.45) is 3.84. The first-order valence-corrected chi connectivity index (χ1v) is 8.94. The van der Waals surface area contributed by atoms with Gasteiger partial charge in [0.15, 0.2) is 11.6 Å². The molecule has 6 heteroatoms. The Labute approximate surface area is 154 Å². The minimum absolute atomic E-state index is 0.834. The van der Waals surface area contributed by atoms with Crippen molar-refractivity contribution in [1.29, 1.82) is 0 Å². The zero-order valence-corrected chi connectivity index (χ0v) is 15.7. The van der Waals surface area contributed by atoms with Crippen LogP contribution in [0.3, 0.4) is 0 Å². The normalized spacial score (nSPS) is 11.7. The fraction of sp³-hybridized carbons (Fsp3) is 0.350. The van der Waals surface area contributed by atoms with Gasteiger partial charge in [-0.2, -0.15) is 0 Å². The van der Waals surface area contributed by atoms with E-state index in [1.54, 1.807) is 0 Å². The number of aryl methyl sites for hydroxylation is 2. The number of benzene rings is 1. The number of aromatic nitrogens is 3. The van der Waals surface area contributed by atoms with Crippen LogP contribution >= 0.6 is 0 Å². The number of hydrogen-bond acceptors (Lipinski definition) is 3. The Balaban J connectivity index is 1.50. The molecule has 0 spiro atoms. The molecule has 0 saturated carbocycles. The van der Waals surface area contributed by atoms with E-state index in [1.165, 1.54) is 11.1 Å². The van der Waals surface area contributed by atoms with Crippen LogP contribution in [0.25, 0.3) is 5.65 Å². The van der Waals surface area contributed by atoms with Crippen molar-refractivity contribution in [2.24, 2.45) is 4.99 Å². The molecule has 0 unspecified atom stereocenters. The second-order valence-electron chi connectivity index (χ2n) is 6.41. The smallest absolute Gasteiger partial charge is 0.193 e. The summed E-state index contributed by atoms with van der Waals surface area (Å²) in [5.74, 6) is 1.89. The summed E-state index contributed by atoms with van der Waals surface area (Å²) in [6.45, 7) is 3.82.